The van der Waals surface area contributed by atoms with E-state index in [2.05, 4.69) is 6.92 Å². The van der Waals surface area contributed by atoms with E-state index in [1.54, 1.807) is 0 Å². The van der Waals surface area contributed by atoms with Gasteiger partial charge in [-0.1, -0.05) is 39.0 Å². The fourth-order valence-corrected chi connectivity index (χ4v) is 1.30. The van der Waals surface area contributed by atoms with Gasteiger partial charge >= 0.3 is 10.1 Å². The van der Waals surface area contributed by atoms with Gasteiger partial charge in [-0.05, 0) is 5.92 Å². The largest absolute Gasteiger partial charge is 0.0530 e. The summed E-state index contributed by atoms with van der Waals surface area (Å²) in [5.41, 5.74) is 0. The number of hydrogen-bond donors (Lipinski definition) is 0. The van der Waals surface area contributed by atoms with E-state index >= 15 is 0 Å². The molecule has 0 heterocycles. The summed E-state index contributed by atoms with van der Waals surface area (Å²) in [5.74, 6) is 0.986. The third kappa shape index (κ3) is 1.96. The van der Waals surface area contributed by atoms with E-state index in [1.165, 1.54) is 32.1 Å². The molecule has 0 aromatic rings. The fraction of sp³-hybridized carbons (Fsp3) is 0.857. The van der Waals surface area contributed by atoms with Crippen molar-refractivity contribution in [2.24, 2.45) is 5.92 Å². The smallest absolute Gasteiger partial charge is 0.0414 e. The van der Waals surface area contributed by atoms with Crippen LogP contribution in [0.4, 0.5) is 0 Å². The molecule has 0 atom stereocenters. The molecule has 0 bridgehead atoms. The quantitative estimate of drug-likeness (QED) is 0.446. The zero-order chi connectivity index (χ0) is 5.11. The molecule has 1 saturated carbocycles. The molecule has 1 radical (unpaired) electrons. The molecule has 0 amide bonds. The Labute approximate surface area is 55.9 Å². The van der Waals surface area contributed by atoms with Crippen LogP contribution in [0.3, 0.4) is 0 Å². The normalized spacial score (nSPS) is 20.6. The van der Waals surface area contributed by atoms with Crippen LogP contribution in [0.25, 0.3) is 0 Å². The van der Waals surface area contributed by atoms with Crippen molar-refractivity contribution in [3.8, 4) is 0 Å². The minimum absolute atomic E-state index is 0. The Kier molecular flexibility index (Phi) is 4.17. The Morgan fingerprint density at radius 3 is 2.00 bits per heavy atom. The predicted octanol–water partition coefficient (Wildman–Crippen LogP) is 1.48. The van der Waals surface area contributed by atoms with Crippen molar-refractivity contribution < 1.29 is 0 Å². The van der Waals surface area contributed by atoms with E-state index in [1.807, 2.05) is 0 Å². The standard InChI is InChI=1S/C7H13.Be.2H/c1-2-7-5-3-4-6-7;;;/h7H,1-6H2;;;. The fourth-order valence-electron chi connectivity index (χ4n) is 1.30. The van der Waals surface area contributed by atoms with E-state index < -0.39 is 0 Å². The third-order valence-corrected chi connectivity index (χ3v) is 1.88. The van der Waals surface area contributed by atoms with Gasteiger partial charge in [0, 0.05) is 0 Å². The maximum atomic E-state index is 3.87. The summed E-state index contributed by atoms with van der Waals surface area (Å²) >= 11 is 0. The Balaban J connectivity index is 0.000000490. The first kappa shape index (κ1) is 8.17. The molecule has 0 aromatic heterocycles. The molecular formula is C7H15Be. The second kappa shape index (κ2) is 4.09. The van der Waals surface area contributed by atoms with Gasteiger partial charge in [0.05, 0.1) is 0 Å². The van der Waals surface area contributed by atoms with E-state index in [4.69, 9.17) is 0 Å². The minimum atomic E-state index is 0. The van der Waals surface area contributed by atoms with Crippen LogP contribution >= 0.6 is 0 Å². The predicted molar refractivity (Wildman–Crippen MR) is 40.5 cm³/mol. The van der Waals surface area contributed by atoms with E-state index in [-0.39, 0.29) is 10.1 Å². The zero-order valence-corrected chi connectivity index (χ0v) is 4.82. The van der Waals surface area contributed by atoms with Crippen molar-refractivity contribution >= 4 is 10.1 Å². The summed E-state index contributed by atoms with van der Waals surface area (Å²) in [4.78, 5) is 0. The minimum Gasteiger partial charge on any atom is -0.0530 e. The van der Waals surface area contributed by atoms with Gasteiger partial charge in [0.25, 0.3) is 0 Å². The Morgan fingerprint density at radius 1 is 1.25 bits per heavy atom. The monoisotopic (exact) mass is 108 g/mol. The van der Waals surface area contributed by atoms with Gasteiger partial charge in [0.2, 0.25) is 0 Å². The number of rotatable bonds is 1. The van der Waals surface area contributed by atoms with Crippen LogP contribution < -0.4 is 0 Å². The van der Waals surface area contributed by atoms with Gasteiger partial charge in [0.1, 0.15) is 0 Å². The second-order valence-corrected chi connectivity index (χ2v) is 2.44. The molecule has 0 spiro atoms. The van der Waals surface area contributed by atoms with Crippen LogP contribution in [0.15, 0.2) is 0 Å². The molecule has 1 rings (SSSR count). The summed E-state index contributed by atoms with van der Waals surface area (Å²) in [6.45, 7) is 3.87. The molecule has 0 nitrogen and oxygen atoms in total. The molecule has 0 aromatic carbocycles. The van der Waals surface area contributed by atoms with Gasteiger partial charge in [-0.15, -0.1) is 0 Å². The molecule has 1 fully saturated rings. The summed E-state index contributed by atoms with van der Waals surface area (Å²) in [7, 11) is 0. The van der Waals surface area contributed by atoms with Crippen molar-refractivity contribution in [1.29, 1.82) is 0 Å². The van der Waals surface area contributed by atoms with Gasteiger partial charge in [0.15, 0.2) is 0 Å². The van der Waals surface area contributed by atoms with Crippen molar-refractivity contribution in [2.45, 2.75) is 32.1 Å². The van der Waals surface area contributed by atoms with Gasteiger partial charge < -0.3 is 0 Å². The maximum absolute atomic E-state index is 3.87. The summed E-state index contributed by atoms with van der Waals surface area (Å²) in [5, 5.41) is 0. The summed E-state index contributed by atoms with van der Waals surface area (Å²) < 4.78 is 0. The topological polar surface area (TPSA) is 0 Å². The summed E-state index contributed by atoms with van der Waals surface area (Å²) in [6.07, 6.45) is 6.98. The maximum Gasteiger partial charge on any atom is -0.0414 e. The Morgan fingerprint density at radius 2 is 1.75 bits per heavy atom. The van der Waals surface area contributed by atoms with Crippen molar-refractivity contribution in [1.82, 2.24) is 0 Å². The van der Waals surface area contributed by atoms with E-state index in [9.17, 15) is 0 Å². The van der Waals surface area contributed by atoms with Crippen LogP contribution in [0.1, 0.15) is 32.1 Å². The number of hydrogen-bond acceptors (Lipinski definition) is 0. The van der Waals surface area contributed by atoms with Crippen molar-refractivity contribution in [2.75, 3.05) is 0 Å². The average molecular weight is 108 g/mol. The SMILES string of the molecule is [BeH2].[CH2]CC1CCCC1. The zero-order valence-electron chi connectivity index (χ0n) is 4.82. The molecule has 1 heteroatoms. The van der Waals surface area contributed by atoms with Crippen LogP contribution in [0, 0.1) is 12.8 Å². The molecule has 1 aliphatic rings. The Hall–Kier alpha value is 0.169. The first-order valence-electron chi connectivity index (χ1n) is 3.22. The van der Waals surface area contributed by atoms with Crippen molar-refractivity contribution in [3.63, 3.8) is 0 Å². The van der Waals surface area contributed by atoms with Gasteiger partial charge in [-0.25, -0.2) is 0 Å². The van der Waals surface area contributed by atoms with Crippen LogP contribution in [-0.2, 0) is 0 Å². The Bertz CT molecular complexity index is 46.3. The first-order chi connectivity index (χ1) is 3.43. The van der Waals surface area contributed by atoms with E-state index in [0.717, 1.165) is 5.92 Å². The third-order valence-electron chi connectivity index (χ3n) is 1.88. The molecule has 0 unspecified atom stereocenters. The summed E-state index contributed by atoms with van der Waals surface area (Å²) in [6, 6.07) is 0. The first-order valence-corrected chi connectivity index (χ1v) is 3.22. The van der Waals surface area contributed by atoms with Gasteiger partial charge in [-0.3, -0.25) is 0 Å². The molecule has 0 saturated heterocycles. The van der Waals surface area contributed by atoms with Crippen LogP contribution in [0.5, 0.6) is 0 Å². The van der Waals surface area contributed by atoms with Crippen LogP contribution in [0.2, 0.25) is 0 Å². The molecule has 0 N–H and O–H groups in total. The molecule has 0 aliphatic heterocycles. The molecule has 1 aliphatic carbocycles. The second-order valence-electron chi connectivity index (χ2n) is 2.44. The molecule has 45 valence electrons. The van der Waals surface area contributed by atoms with Crippen LogP contribution in [-0.4, -0.2) is 10.1 Å². The van der Waals surface area contributed by atoms with Crippen molar-refractivity contribution in [3.05, 3.63) is 6.92 Å². The molecular weight excluding hydrogens is 93.1 g/mol. The average Bonchev–Trinajstić information content (AvgIpc) is 2.14. The van der Waals surface area contributed by atoms with E-state index in [0.29, 0.717) is 0 Å². The van der Waals surface area contributed by atoms with Gasteiger partial charge in [-0.2, -0.15) is 0 Å². The molecule has 8 heavy (non-hydrogen) atoms.